The second-order valence-electron chi connectivity index (χ2n) is 7.53. The van der Waals surface area contributed by atoms with E-state index in [2.05, 4.69) is 9.97 Å². The highest BCUT2D eigenvalue weighted by Crippen LogP contribution is 2.37. The number of carbonyl (C=O) groups excluding carboxylic acids is 1. The molecular weight excluding hydrogens is 432 g/mol. The van der Waals surface area contributed by atoms with Gasteiger partial charge in [0.25, 0.3) is 0 Å². The molecular formula is C22H24N4O7. The molecule has 11 nitrogen and oxygen atoms in total. The molecule has 0 spiro atoms. The molecule has 33 heavy (non-hydrogen) atoms. The Morgan fingerprint density at radius 2 is 2.00 bits per heavy atom. The minimum Gasteiger partial charge on any atom is -0.466 e. The van der Waals surface area contributed by atoms with Crippen LogP contribution in [0.3, 0.4) is 0 Å². The van der Waals surface area contributed by atoms with Crippen molar-refractivity contribution in [1.29, 1.82) is 0 Å². The Labute approximate surface area is 190 Å². The Balaban J connectivity index is 1.43. The van der Waals surface area contributed by atoms with Crippen molar-refractivity contribution in [3.05, 3.63) is 64.5 Å². The summed E-state index contributed by atoms with van der Waals surface area (Å²) in [4.78, 5) is 33.1. The minimum atomic E-state index is -0.607. The topological polar surface area (TPSA) is 126 Å². The van der Waals surface area contributed by atoms with E-state index in [0.717, 1.165) is 5.56 Å². The fourth-order valence-electron chi connectivity index (χ4n) is 3.76. The molecule has 2 aliphatic heterocycles. The first-order valence-electron chi connectivity index (χ1n) is 10.7. The van der Waals surface area contributed by atoms with E-state index in [1.807, 2.05) is 30.3 Å². The van der Waals surface area contributed by atoms with Crippen LogP contribution in [-0.2, 0) is 25.4 Å². The maximum absolute atomic E-state index is 12.0. The molecule has 0 N–H and O–H groups in total. The number of benzene rings is 1. The first kappa shape index (κ1) is 22.3. The van der Waals surface area contributed by atoms with Crippen LogP contribution in [0.4, 0.5) is 11.5 Å². The Bertz CT molecular complexity index is 1020. The van der Waals surface area contributed by atoms with Crippen LogP contribution < -0.4 is 9.64 Å². The molecule has 2 aliphatic rings. The zero-order valence-electron chi connectivity index (χ0n) is 18.1. The normalized spacial score (nSPS) is 18.2. The third-order valence-electron chi connectivity index (χ3n) is 5.37. The monoisotopic (exact) mass is 456 g/mol. The zero-order valence-corrected chi connectivity index (χ0v) is 18.1. The van der Waals surface area contributed by atoms with E-state index in [9.17, 15) is 14.9 Å². The molecule has 1 unspecified atom stereocenters. The van der Waals surface area contributed by atoms with Gasteiger partial charge in [-0.1, -0.05) is 30.3 Å². The Morgan fingerprint density at radius 3 is 2.70 bits per heavy atom. The quantitative estimate of drug-likeness (QED) is 0.332. The molecule has 1 aromatic heterocycles. The number of anilines is 1. The molecule has 1 atom stereocenters. The predicted molar refractivity (Wildman–Crippen MR) is 115 cm³/mol. The summed E-state index contributed by atoms with van der Waals surface area (Å²) in [5, 5.41) is 11.9. The summed E-state index contributed by atoms with van der Waals surface area (Å²) in [6.45, 7) is 2.92. The summed E-state index contributed by atoms with van der Waals surface area (Å²) in [6, 6.07) is 9.63. The number of aromatic nitrogens is 2. The van der Waals surface area contributed by atoms with E-state index in [-0.39, 0.29) is 35.2 Å². The third kappa shape index (κ3) is 5.30. The molecule has 2 aromatic rings. The first-order chi connectivity index (χ1) is 16.0. The fourth-order valence-corrected chi connectivity index (χ4v) is 3.76. The summed E-state index contributed by atoms with van der Waals surface area (Å²) < 4.78 is 21.7. The largest absolute Gasteiger partial charge is 0.466 e. The molecule has 1 saturated heterocycles. The van der Waals surface area contributed by atoms with E-state index in [1.165, 1.54) is 12.6 Å². The molecule has 0 radical (unpaired) electrons. The van der Waals surface area contributed by atoms with Crippen LogP contribution in [-0.4, -0.2) is 46.8 Å². The number of rotatable bonds is 8. The number of ether oxygens (including phenoxy) is 4. The van der Waals surface area contributed by atoms with Crippen LogP contribution >= 0.6 is 0 Å². The predicted octanol–water partition coefficient (Wildman–Crippen LogP) is 2.96. The van der Waals surface area contributed by atoms with E-state index in [1.54, 1.807) is 11.8 Å². The maximum Gasteiger partial charge on any atom is 0.373 e. The summed E-state index contributed by atoms with van der Waals surface area (Å²) in [5.41, 5.74) is 0.641. The molecule has 4 rings (SSSR count). The number of esters is 1. The van der Waals surface area contributed by atoms with Crippen molar-refractivity contribution in [1.82, 2.24) is 9.97 Å². The molecule has 0 aliphatic carbocycles. The second kappa shape index (κ2) is 10.2. The van der Waals surface area contributed by atoms with Gasteiger partial charge in [0.15, 0.2) is 6.26 Å². The molecule has 0 amide bonds. The van der Waals surface area contributed by atoms with Gasteiger partial charge < -0.3 is 23.8 Å². The number of nitrogens with zero attached hydrogens (tertiary/aromatic N) is 4. The lowest BCUT2D eigenvalue weighted by atomic mass is 9.97. The van der Waals surface area contributed by atoms with Crippen molar-refractivity contribution in [2.75, 3.05) is 24.6 Å². The maximum atomic E-state index is 12.0. The van der Waals surface area contributed by atoms with Gasteiger partial charge >= 0.3 is 23.5 Å². The second-order valence-corrected chi connectivity index (χ2v) is 7.53. The van der Waals surface area contributed by atoms with Gasteiger partial charge in [-0.2, -0.15) is 4.98 Å². The van der Waals surface area contributed by atoms with Gasteiger partial charge in [0.05, 0.1) is 17.4 Å². The van der Waals surface area contributed by atoms with Gasteiger partial charge in [-0.05, 0) is 25.3 Å². The average molecular weight is 456 g/mol. The van der Waals surface area contributed by atoms with Crippen LogP contribution in [0.15, 0.2) is 48.9 Å². The number of piperidine rings is 1. The van der Waals surface area contributed by atoms with E-state index in [0.29, 0.717) is 39.0 Å². The minimum absolute atomic E-state index is 0.0234. The Hall–Kier alpha value is -3.89. The van der Waals surface area contributed by atoms with E-state index < -0.39 is 11.2 Å². The van der Waals surface area contributed by atoms with Crippen molar-refractivity contribution < 1.29 is 28.7 Å². The van der Waals surface area contributed by atoms with Crippen molar-refractivity contribution in [3.8, 4) is 5.88 Å². The number of nitro groups is 1. The molecule has 1 fully saturated rings. The van der Waals surface area contributed by atoms with Gasteiger partial charge in [-0.15, -0.1) is 0 Å². The number of hydrogen-bond donors (Lipinski definition) is 0. The van der Waals surface area contributed by atoms with Crippen LogP contribution in [0.25, 0.3) is 0 Å². The Kier molecular flexibility index (Phi) is 6.86. The van der Waals surface area contributed by atoms with Gasteiger partial charge in [-0.3, -0.25) is 14.9 Å². The smallest absolute Gasteiger partial charge is 0.373 e. The highest BCUT2D eigenvalue weighted by molar-refractivity contribution is 5.73. The van der Waals surface area contributed by atoms with Crippen molar-refractivity contribution in [2.45, 2.75) is 32.5 Å². The van der Waals surface area contributed by atoms with Crippen LogP contribution in [0.1, 0.15) is 25.3 Å². The summed E-state index contributed by atoms with van der Waals surface area (Å²) >= 11 is 0. The van der Waals surface area contributed by atoms with Gasteiger partial charge in [0.2, 0.25) is 12.1 Å². The number of hydrogen-bond acceptors (Lipinski definition) is 10. The first-order valence-corrected chi connectivity index (χ1v) is 10.7. The van der Waals surface area contributed by atoms with Gasteiger partial charge in [-0.25, -0.2) is 4.98 Å². The molecule has 174 valence electrons. The molecule has 0 saturated carbocycles. The fraction of sp³-hybridized carbons (Fsp3) is 0.409. The average Bonchev–Trinajstić information content (AvgIpc) is 3.26. The van der Waals surface area contributed by atoms with Crippen LogP contribution in [0.2, 0.25) is 0 Å². The van der Waals surface area contributed by atoms with E-state index in [4.69, 9.17) is 18.9 Å². The summed E-state index contributed by atoms with van der Waals surface area (Å²) in [5.74, 6) is -0.604. The Morgan fingerprint density at radius 1 is 1.24 bits per heavy atom. The molecule has 11 heteroatoms. The van der Waals surface area contributed by atoms with Crippen LogP contribution in [0.5, 0.6) is 5.88 Å². The molecule has 3 heterocycles. The van der Waals surface area contributed by atoms with Crippen LogP contribution in [0, 0.1) is 16.0 Å². The van der Waals surface area contributed by atoms with Crippen molar-refractivity contribution in [2.24, 2.45) is 5.92 Å². The number of carbonyl (C=O) groups is 1. The SMILES string of the molecule is CCOC(=O)C1CCN(c2ncnc(OC3=COC(Cc4ccccc4)O3)c2[N+](=O)[O-])CC1. The molecule has 1 aromatic carbocycles. The summed E-state index contributed by atoms with van der Waals surface area (Å²) in [7, 11) is 0. The zero-order chi connectivity index (χ0) is 23.2. The van der Waals surface area contributed by atoms with E-state index >= 15 is 0 Å². The third-order valence-corrected chi connectivity index (χ3v) is 5.37. The van der Waals surface area contributed by atoms with Gasteiger partial charge in [0, 0.05) is 19.5 Å². The lowest BCUT2D eigenvalue weighted by Crippen LogP contribution is -2.37. The van der Waals surface area contributed by atoms with Gasteiger partial charge in [0.1, 0.15) is 6.33 Å². The highest BCUT2D eigenvalue weighted by atomic mass is 16.8. The summed E-state index contributed by atoms with van der Waals surface area (Å²) in [6.07, 6.45) is 3.37. The van der Waals surface area contributed by atoms with Crippen molar-refractivity contribution in [3.63, 3.8) is 0 Å². The lowest BCUT2D eigenvalue weighted by Gasteiger charge is -2.31. The molecule has 0 bridgehead atoms. The standard InChI is InChI=1S/C22H24N4O7/c1-2-30-22(27)16-8-10-25(11-9-16)20-19(26(28)29)21(24-14-23-20)33-18-13-31-17(32-18)12-15-6-4-3-5-7-15/h3-7,13-14,16-17H,2,8-12H2,1H3. The lowest BCUT2D eigenvalue weighted by molar-refractivity contribution is -0.385. The highest BCUT2D eigenvalue weighted by Gasteiger charge is 2.34. The van der Waals surface area contributed by atoms with Crippen molar-refractivity contribution >= 4 is 17.5 Å².